The fourth-order valence-corrected chi connectivity index (χ4v) is 4.31. The molecule has 0 fully saturated rings. The van der Waals surface area contributed by atoms with E-state index in [1.54, 1.807) is 11.3 Å². The standard InChI is InChI=1S/C18H17BrN2OS/c19-12-3-5-16-14(10-12)15-11-21(8-7-17(15)20-16)18(22)6-4-13-2-1-9-23-13/h1-3,5,9-10,20H,4,6-8,11H2. The molecule has 0 spiro atoms. The van der Waals surface area contributed by atoms with E-state index in [2.05, 4.69) is 44.5 Å². The number of carbonyl (C=O) groups is 1. The average molecular weight is 389 g/mol. The summed E-state index contributed by atoms with van der Waals surface area (Å²) < 4.78 is 1.08. The maximum Gasteiger partial charge on any atom is 0.223 e. The smallest absolute Gasteiger partial charge is 0.223 e. The van der Waals surface area contributed by atoms with Crippen molar-refractivity contribution in [2.45, 2.75) is 25.8 Å². The van der Waals surface area contributed by atoms with Gasteiger partial charge in [-0.3, -0.25) is 4.79 Å². The van der Waals surface area contributed by atoms with E-state index in [0.29, 0.717) is 6.42 Å². The number of carbonyl (C=O) groups excluding carboxylic acids is 1. The lowest BCUT2D eigenvalue weighted by atomic mass is 10.0. The van der Waals surface area contributed by atoms with Crippen LogP contribution >= 0.6 is 27.3 Å². The molecule has 1 aliphatic rings. The number of fused-ring (bicyclic) bond motifs is 3. The molecule has 3 nitrogen and oxygen atoms in total. The van der Waals surface area contributed by atoms with E-state index in [1.165, 1.54) is 21.5 Å². The Morgan fingerprint density at radius 2 is 2.26 bits per heavy atom. The Bertz CT molecular complexity index is 853. The zero-order valence-electron chi connectivity index (χ0n) is 12.6. The van der Waals surface area contributed by atoms with Crippen LogP contribution in [-0.2, 0) is 24.2 Å². The largest absolute Gasteiger partial charge is 0.358 e. The van der Waals surface area contributed by atoms with Crippen molar-refractivity contribution in [1.29, 1.82) is 0 Å². The van der Waals surface area contributed by atoms with E-state index >= 15 is 0 Å². The summed E-state index contributed by atoms with van der Waals surface area (Å²) in [7, 11) is 0. The van der Waals surface area contributed by atoms with Gasteiger partial charge in [-0.2, -0.15) is 0 Å². The van der Waals surface area contributed by atoms with Crippen LogP contribution < -0.4 is 0 Å². The Hall–Kier alpha value is -1.59. The zero-order chi connectivity index (χ0) is 15.8. The number of aromatic amines is 1. The van der Waals surface area contributed by atoms with Gasteiger partial charge >= 0.3 is 0 Å². The van der Waals surface area contributed by atoms with Crippen molar-refractivity contribution in [2.75, 3.05) is 6.54 Å². The molecule has 4 rings (SSSR count). The van der Waals surface area contributed by atoms with Gasteiger partial charge in [-0.15, -0.1) is 11.3 Å². The molecule has 0 atom stereocenters. The number of aromatic nitrogens is 1. The van der Waals surface area contributed by atoms with Gasteiger partial charge in [0, 0.05) is 57.4 Å². The molecule has 0 radical (unpaired) electrons. The first-order chi connectivity index (χ1) is 11.2. The molecule has 2 aromatic heterocycles. The van der Waals surface area contributed by atoms with Crippen LogP contribution in [0.4, 0.5) is 0 Å². The van der Waals surface area contributed by atoms with Gasteiger partial charge in [0.1, 0.15) is 0 Å². The lowest BCUT2D eigenvalue weighted by molar-refractivity contribution is -0.132. The van der Waals surface area contributed by atoms with E-state index < -0.39 is 0 Å². The Labute approximate surface area is 147 Å². The number of nitrogens with one attached hydrogen (secondary N) is 1. The summed E-state index contributed by atoms with van der Waals surface area (Å²) in [6.45, 7) is 1.53. The van der Waals surface area contributed by atoms with Crippen LogP contribution in [-0.4, -0.2) is 22.3 Å². The highest BCUT2D eigenvalue weighted by molar-refractivity contribution is 9.10. The predicted molar refractivity (Wildman–Crippen MR) is 97.8 cm³/mol. The van der Waals surface area contributed by atoms with Gasteiger partial charge in [-0.05, 0) is 36.1 Å². The molecule has 0 saturated carbocycles. The highest BCUT2D eigenvalue weighted by Gasteiger charge is 2.23. The first-order valence-corrected chi connectivity index (χ1v) is 9.47. The Balaban J connectivity index is 1.52. The van der Waals surface area contributed by atoms with Crippen LogP contribution in [0.15, 0.2) is 40.2 Å². The maximum atomic E-state index is 12.5. The average Bonchev–Trinajstić information content (AvgIpc) is 3.19. The van der Waals surface area contributed by atoms with Crippen molar-refractivity contribution >= 4 is 44.1 Å². The molecule has 23 heavy (non-hydrogen) atoms. The number of halogens is 1. The Morgan fingerprint density at radius 3 is 3.09 bits per heavy atom. The third-order valence-electron chi connectivity index (χ3n) is 4.46. The zero-order valence-corrected chi connectivity index (χ0v) is 15.0. The number of amides is 1. The number of aryl methyl sites for hydroxylation is 1. The molecule has 118 valence electrons. The second-order valence-electron chi connectivity index (χ2n) is 5.92. The quantitative estimate of drug-likeness (QED) is 0.703. The monoisotopic (exact) mass is 388 g/mol. The summed E-state index contributed by atoms with van der Waals surface area (Å²) in [6, 6.07) is 10.4. The van der Waals surface area contributed by atoms with Gasteiger partial charge in [0.05, 0.1) is 0 Å². The third-order valence-corrected chi connectivity index (χ3v) is 5.88. The molecule has 1 N–H and O–H groups in total. The van der Waals surface area contributed by atoms with Gasteiger partial charge in [-0.1, -0.05) is 22.0 Å². The van der Waals surface area contributed by atoms with Crippen molar-refractivity contribution in [1.82, 2.24) is 9.88 Å². The minimum Gasteiger partial charge on any atom is -0.358 e. The number of hydrogen-bond donors (Lipinski definition) is 1. The van der Waals surface area contributed by atoms with Crippen molar-refractivity contribution in [3.8, 4) is 0 Å². The summed E-state index contributed by atoms with van der Waals surface area (Å²) in [5.74, 6) is 0.258. The van der Waals surface area contributed by atoms with Gasteiger partial charge in [0.25, 0.3) is 0 Å². The van der Waals surface area contributed by atoms with Crippen molar-refractivity contribution in [2.24, 2.45) is 0 Å². The summed E-state index contributed by atoms with van der Waals surface area (Å²) in [6.07, 6.45) is 2.35. The predicted octanol–water partition coefficient (Wildman–Crippen LogP) is 4.51. The summed E-state index contributed by atoms with van der Waals surface area (Å²) in [5, 5.41) is 3.29. The van der Waals surface area contributed by atoms with E-state index in [4.69, 9.17) is 0 Å². The molecular weight excluding hydrogens is 372 g/mol. The van der Waals surface area contributed by atoms with Gasteiger partial charge in [0.2, 0.25) is 5.91 Å². The minimum absolute atomic E-state index is 0.258. The van der Waals surface area contributed by atoms with Crippen LogP contribution in [0, 0.1) is 0 Å². The second kappa shape index (κ2) is 6.13. The fraction of sp³-hybridized carbons (Fsp3) is 0.278. The van der Waals surface area contributed by atoms with E-state index in [-0.39, 0.29) is 5.91 Å². The highest BCUT2D eigenvalue weighted by Crippen LogP contribution is 2.30. The van der Waals surface area contributed by atoms with E-state index in [1.807, 2.05) is 17.0 Å². The van der Waals surface area contributed by atoms with Crippen LogP contribution in [0.5, 0.6) is 0 Å². The molecule has 0 unspecified atom stereocenters. The number of benzene rings is 1. The number of hydrogen-bond acceptors (Lipinski definition) is 2. The molecule has 0 bridgehead atoms. The van der Waals surface area contributed by atoms with Crippen LogP contribution in [0.3, 0.4) is 0 Å². The molecule has 1 amide bonds. The molecule has 1 aromatic carbocycles. The number of nitrogens with zero attached hydrogens (tertiary/aromatic N) is 1. The second-order valence-corrected chi connectivity index (χ2v) is 7.86. The van der Waals surface area contributed by atoms with Gasteiger partial charge in [0.15, 0.2) is 0 Å². The normalized spacial score (nSPS) is 14.2. The Kier molecular flexibility index (Phi) is 3.99. The lowest BCUT2D eigenvalue weighted by Gasteiger charge is -2.27. The van der Waals surface area contributed by atoms with Crippen LogP contribution in [0.1, 0.15) is 22.6 Å². The maximum absolute atomic E-state index is 12.5. The van der Waals surface area contributed by atoms with Crippen molar-refractivity contribution < 1.29 is 4.79 Å². The first kappa shape index (κ1) is 15.0. The summed E-state index contributed by atoms with van der Waals surface area (Å²) in [4.78, 5) is 19.3. The third kappa shape index (κ3) is 2.95. The molecule has 0 aliphatic carbocycles. The summed E-state index contributed by atoms with van der Waals surface area (Å²) >= 11 is 5.27. The lowest BCUT2D eigenvalue weighted by Crippen LogP contribution is -2.35. The fourth-order valence-electron chi connectivity index (χ4n) is 3.24. The number of H-pyrrole nitrogens is 1. The first-order valence-electron chi connectivity index (χ1n) is 7.80. The molecule has 1 aliphatic heterocycles. The number of thiophene rings is 1. The highest BCUT2D eigenvalue weighted by atomic mass is 79.9. The topological polar surface area (TPSA) is 36.1 Å². The SMILES string of the molecule is O=C(CCc1cccs1)N1CCc2[nH]c3ccc(Br)cc3c2C1. The molecule has 0 saturated heterocycles. The van der Waals surface area contributed by atoms with Crippen molar-refractivity contribution in [3.63, 3.8) is 0 Å². The van der Waals surface area contributed by atoms with E-state index in [9.17, 15) is 4.79 Å². The van der Waals surface area contributed by atoms with Gasteiger partial charge in [-0.25, -0.2) is 0 Å². The Morgan fingerprint density at radius 1 is 1.35 bits per heavy atom. The van der Waals surface area contributed by atoms with Crippen LogP contribution in [0.25, 0.3) is 10.9 Å². The summed E-state index contributed by atoms with van der Waals surface area (Å²) in [5.41, 5.74) is 3.71. The van der Waals surface area contributed by atoms with Gasteiger partial charge < -0.3 is 9.88 Å². The van der Waals surface area contributed by atoms with Crippen molar-refractivity contribution in [3.05, 3.63) is 56.3 Å². The van der Waals surface area contributed by atoms with E-state index in [0.717, 1.165) is 35.9 Å². The van der Waals surface area contributed by atoms with Crippen LogP contribution in [0.2, 0.25) is 0 Å². The number of rotatable bonds is 3. The molecular formula is C18H17BrN2OS. The molecule has 3 heterocycles. The molecule has 5 heteroatoms. The molecule has 3 aromatic rings. The minimum atomic E-state index is 0.258.